The number of ether oxygens (including phenoxy) is 2. The maximum atomic E-state index is 14.5. The van der Waals surface area contributed by atoms with Crippen LogP contribution in [0, 0.1) is 5.82 Å². The average Bonchev–Trinajstić information content (AvgIpc) is 2.92. The molecular formula is C18H26FN3O4. The molecule has 0 bridgehead atoms. The second-order valence-corrected chi connectivity index (χ2v) is 7.19. The number of hydrogen-bond donors (Lipinski definition) is 2. The Labute approximate surface area is 152 Å². The van der Waals surface area contributed by atoms with Crippen LogP contribution < -0.4 is 16.0 Å². The molecule has 1 heterocycles. The average molecular weight is 367 g/mol. The summed E-state index contributed by atoms with van der Waals surface area (Å²) < 4.78 is 24.6. The van der Waals surface area contributed by atoms with E-state index in [1.54, 1.807) is 32.6 Å². The number of carbonyl (C=O) groups excluding carboxylic acids is 2. The highest BCUT2D eigenvalue weighted by Crippen LogP contribution is 2.31. The normalized spacial score (nSPS) is 17.1. The van der Waals surface area contributed by atoms with Gasteiger partial charge >= 0.3 is 12.1 Å². The van der Waals surface area contributed by atoms with E-state index in [1.807, 2.05) is 0 Å². The van der Waals surface area contributed by atoms with E-state index in [-0.39, 0.29) is 29.6 Å². The van der Waals surface area contributed by atoms with Crippen molar-refractivity contribution in [2.24, 2.45) is 0 Å². The van der Waals surface area contributed by atoms with E-state index in [0.717, 1.165) is 6.07 Å². The van der Waals surface area contributed by atoms with Crippen molar-refractivity contribution >= 4 is 23.4 Å². The van der Waals surface area contributed by atoms with Gasteiger partial charge in [0.15, 0.2) is 0 Å². The monoisotopic (exact) mass is 367 g/mol. The summed E-state index contributed by atoms with van der Waals surface area (Å²) >= 11 is 0. The third kappa shape index (κ3) is 5.00. The van der Waals surface area contributed by atoms with Crippen molar-refractivity contribution in [2.75, 3.05) is 30.3 Å². The number of esters is 1. The van der Waals surface area contributed by atoms with Crippen LogP contribution in [0.4, 0.5) is 20.6 Å². The van der Waals surface area contributed by atoms with Gasteiger partial charge in [-0.15, -0.1) is 0 Å². The van der Waals surface area contributed by atoms with E-state index in [4.69, 9.17) is 15.2 Å². The van der Waals surface area contributed by atoms with Gasteiger partial charge in [-0.1, -0.05) is 0 Å². The lowest BCUT2D eigenvalue weighted by molar-refractivity contribution is 0.0503. The van der Waals surface area contributed by atoms with Gasteiger partial charge in [0.1, 0.15) is 11.4 Å². The van der Waals surface area contributed by atoms with E-state index < -0.39 is 23.5 Å². The molecule has 7 nitrogen and oxygen atoms in total. The molecule has 0 saturated carbocycles. The number of nitrogen functional groups attached to an aromatic ring is 1. The molecule has 1 aromatic carbocycles. The zero-order valence-corrected chi connectivity index (χ0v) is 15.6. The fourth-order valence-corrected chi connectivity index (χ4v) is 2.84. The van der Waals surface area contributed by atoms with Crippen molar-refractivity contribution in [1.29, 1.82) is 0 Å². The molecule has 0 radical (unpaired) electrons. The number of anilines is 2. The standard InChI is InChI=1S/C18H26FN3O4/c1-5-25-16(23)11-8-13(19)15(14(20)9-11)22-7-6-12(10-22)21-17(24)26-18(2,3)4/h8-9,12H,5-7,10,20H2,1-4H3,(H,21,24)/t12-/m0/s1. The van der Waals surface area contributed by atoms with Crippen LogP contribution in [-0.4, -0.2) is 43.4 Å². The first kappa shape index (κ1) is 19.8. The Morgan fingerprint density at radius 3 is 2.65 bits per heavy atom. The molecule has 1 atom stereocenters. The predicted molar refractivity (Wildman–Crippen MR) is 96.8 cm³/mol. The number of nitrogens with two attached hydrogens (primary N) is 1. The van der Waals surface area contributed by atoms with Gasteiger partial charge in [0.05, 0.1) is 29.6 Å². The highest BCUT2D eigenvalue weighted by Gasteiger charge is 2.29. The third-order valence-corrected chi connectivity index (χ3v) is 3.83. The summed E-state index contributed by atoms with van der Waals surface area (Å²) in [7, 11) is 0. The Morgan fingerprint density at radius 1 is 1.38 bits per heavy atom. The fourth-order valence-electron chi connectivity index (χ4n) is 2.84. The molecule has 3 N–H and O–H groups in total. The number of alkyl carbamates (subject to hydrolysis) is 1. The second-order valence-electron chi connectivity index (χ2n) is 7.19. The quantitative estimate of drug-likeness (QED) is 0.628. The van der Waals surface area contributed by atoms with Crippen LogP contribution in [0.5, 0.6) is 0 Å². The number of nitrogens with zero attached hydrogens (tertiary/aromatic N) is 1. The molecule has 1 fully saturated rings. The first-order valence-electron chi connectivity index (χ1n) is 8.61. The highest BCUT2D eigenvalue weighted by molar-refractivity contribution is 5.92. The molecule has 1 amide bonds. The van der Waals surface area contributed by atoms with Gasteiger partial charge in [0.25, 0.3) is 0 Å². The summed E-state index contributed by atoms with van der Waals surface area (Å²) in [5.74, 6) is -1.21. The van der Waals surface area contributed by atoms with Crippen LogP contribution in [-0.2, 0) is 9.47 Å². The molecule has 0 aromatic heterocycles. The van der Waals surface area contributed by atoms with Crippen LogP contribution in [0.3, 0.4) is 0 Å². The second kappa shape index (κ2) is 7.80. The molecule has 1 aliphatic heterocycles. The minimum Gasteiger partial charge on any atom is -0.462 e. The summed E-state index contributed by atoms with van der Waals surface area (Å²) in [4.78, 5) is 25.4. The smallest absolute Gasteiger partial charge is 0.407 e. The summed E-state index contributed by atoms with van der Waals surface area (Å²) in [5, 5.41) is 2.78. The van der Waals surface area contributed by atoms with Gasteiger partial charge in [0.2, 0.25) is 0 Å². The SMILES string of the molecule is CCOC(=O)c1cc(N)c(N2CC[C@H](NC(=O)OC(C)(C)C)C2)c(F)c1. The summed E-state index contributed by atoms with van der Waals surface area (Å²) in [6.45, 7) is 8.16. The van der Waals surface area contributed by atoms with Gasteiger partial charge in [0, 0.05) is 13.1 Å². The number of carbonyl (C=O) groups is 2. The van der Waals surface area contributed by atoms with Crippen LogP contribution >= 0.6 is 0 Å². The lowest BCUT2D eigenvalue weighted by Gasteiger charge is -2.23. The molecule has 0 aliphatic carbocycles. The van der Waals surface area contributed by atoms with E-state index >= 15 is 0 Å². The minimum atomic E-state index is -0.615. The van der Waals surface area contributed by atoms with E-state index in [0.29, 0.717) is 19.5 Å². The maximum absolute atomic E-state index is 14.5. The van der Waals surface area contributed by atoms with Gasteiger partial charge in [-0.25, -0.2) is 14.0 Å². The van der Waals surface area contributed by atoms with Crippen molar-refractivity contribution in [2.45, 2.75) is 45.8 Å². The fraction of sp³-hybridized carbons (Fsp3) is 0.556. The van der Waals surface area contributed by atoms with Crippen LogP contribution in [0.1, 0.15) is 44.5 Å². The van der Waals surface area contributed by atoms with Crippen molar-refractivity contribution in [1.82, 2.24) is 5.32 Å². The molecule has 1 aromatic rings. The third-order valence-electron chi connectivity index (χ3n) is 3.83. The first-order chi connectivity index (χ1) is 12.1. The highest BCUT2D eigenvalue weighted by atomic mass is 19.1. The van der Waals surface area contributed by atoms with E-state index in [2.05, 4.69) is 5.32 Å². The molecule has 0 spiro atoms. The Morgan fingerprint density at radius 2 is 2.08 bits per heavy atom. The predicted octanol–water partition coefficient (Wildman–Crippen LogP) is 2.69. The number of hydrogen-bond acceptors (Lipinski definition) is 6. The van der Waals surface area contributed by atoms with Crippen molar-refractivity contribution < 1.29 is 23.5 Å². The summed E-state index contributed by atoms with van der Waals surface area (Å²) in [6, 6.07) is 2.36. The minimum absolute atomic E-state index is 0.0771. The molecular weight excluding hydrogens is 341 g/mol. The molecule has 0 unspecified atom stereocenters. The van der Waals surface area contributed by atoms with Crippen molar-refractivity contribution in [3.05, 3.63) is 23.5 Å². The van der Waals surface area contributed by atoms with Crippen LogP contribution in [0.2, 0.25) is 0 Å². The topological polar surface area (TPSA) is 93.9 Å². The lowest BCUT2D eigenvalue weighted by atomic mass is 10.1. The van der Waals surface area contributed by atoms with Gasteiger partial charge in [-0.2, -0.15) is 0 Å². The Balaban J connectivity index is 2.06. The number of benzene rings is 1. The summed E-state index contributed by atoms with van der Waals surface area (Å²) in [6.07, 6.45) is 0.132. The number of halogens is 1. The van der Waals surface area contributed by atoms with Gasteiger partial charge < -0.3 is 25.4 Å². The van der Waals surface area contributed by atoms with E-state index in [1.165, 1.54) is 6.07 Å². The van der Waals surface area contributed by atoms with Crippen molar-refractivity contribution in [3.63, 3.8) is 0 Å². The lowest BCUT2D eigenvalue weighted by Crippen LogP contribution is -2.40. The molecule has 26 heavy (non-hydrogen) atoms. The zero-order chi connectivity index (χ0) is 19.5. The Bertz CT molecular complexity index is 664. The van der Waals surface area contributed by atoms with Crippen molar-refractivity contribution in [3.8, 4) is 0 Å². The molecule has 8 heteroatoms. The number of nitrogens with one attached hydrogen (secondary N) is 1. The van der Waals surface area contributed by atoms with Crippen LogP contribution in [0.15, 0.2) is 12.1 Å². The zero-order valence-electron chi connectivity index (χ0n) is 15.6. The molecule has 2 rings (SSSR count). The van der Waals surface area contributed by atoms with Crippen LogP contribution in [0.25, 0.3) is 0 Å². The summed E-state index contributed by atoms with van der Waals surface area (Å²) in [5.41, 5.74) is 5.85. The Hall–Kier alpha value is -2.51. The van der Waals surface area contributed by atoms with Gasteiger partial charge in [-0.05, 0) is 46.2 Å². The Kier molecular flexibility index (Phi) is 5.94. The maximum Gasteiger partial charge on any atom is 0.407 e. The van der Waals surface area contributed by atoms with E-state index in [9.17, 15) is 14.0 Å². The number of rotatable bonds is 4. The number of amides is 1. The molecule has 1 aliphatic rings. The largest absolute Gasteiger partial charge is 0.462 e. The molecule has 144 valence electrons. The van der Waals surface area contributed by atoms with Gasteiger partial charge in [-0.3, -0.25) is 0 Å². The first-order valence-corrected chi connectivity index (χ1v) is 8.61. The molecule has 1 saturated heterocycles.